The molecule has 16 heavy (non-hydrogen) atoms. The van der Waals surface area contributed by atoms with Crippen molar-refractivity contribution < 1.29 is 4.79 Å². The van der Waals surface area contributed by atoms with Crippen molar-refractivity contribution in [3.05, 3.63) is 12.3 Å². The summed E-state index contributed by atoms with van der Waals surface area (Å²) in [5, 5.41) is 3.21. The molecule has 0 rings (SSSR count). The van der Waals surface area contributed by atoms with Crippen LogP contribution in [0.5, 0.6) is 0 Å². The second-order valence-electron chi connectivity index (χ2n) is 5.53. The highest BCUT2D eigenvalue weighted by atomic mass is 32.1. The van der Waals surface area contributed by atoms with Crippen LogP contribution in [0.3, 0.4) is 0 Å². The average molecular weight is 243 g/mol. The van der Waals surface area contributed by atoms with Crippen LogP contribution in [0.2, 0.25) is 0 Å². The molecule has 0 aromatic carbocycles. The van der Waals surface area contributed by atoms with Gasteiger partial charge in [0.05, 0.1) is 6.04 Å². The van der Waals surface area contributed by atoms with Crippen molar-refractivity contribution in [1.82, 2.24) is 5.32 Å². The smallest absolute Gasteiger partial charge is 0.151 e. The van der Waals surface area contributed by atoms with Gasteiger partial charge in [-0.3, -0.25) is 4.79 Å². The van der Waals surface area contributed by atoms with Gasteiger partial charge in [-0.2, -0.15) is 12.6 Å². The Hall–Kier alpha value is -0.440. The molecule has 2 nitrogen and oxygen atoms in total. The lowest BCUT2D eigenvalue weighted by Gasteiger charge is -2.24. The van der Waals surface area contributed by atoms with Crippen LogP contribution in [0.1, 0.15) is 47.5 Å². The van der Waals surface area contributed by atoms with E-state index in [-0.39, 0.29) is 16.6 Å². The molecule has 0 heterocycles. The lowest BCUT2D eigenvalue weighted by atomic mass is 9.99. The SMILES string of the molecule is C=C(CC(C)(C)S)NC(CC(C)C)C(C)=O. The third kappa shape index (κ3) is 7.80. The molecule has 0 bridgehead atoms. The van der Waals surface area contributed by atoms with E-state index in [2.05, 4.69) is 38.4 Å². The molecule has 0 aromatic heterocycles. The van der Waals surface area contributed by atoms with Gasteiger partial charge in [0.1, 0.15) is 0 Å². The fraction of sp³-hybridized carbons (Fsp3) is 0.769. The van der Waals surface area contributed by atoms with Crippen LogP contribution in [0, 0.1) is 5.92 Å². The lowest BCUT2D eigenvalue weighted by molar-refractivity contribution is -0.119. The molecule has 0 radical (unpaired) electrons. The van der Waals surface area contributed by atoms with Crippen molar-refractivity contribution in [3.63, 3.8) is 0 Å². The summed E-state index contributed by atoms with van der Waals surface area (Å²) in [7, 11) is 0. The molecule has 94 valence electrons. The first-order valence-corrected chi connectivity index (χ1v) is 6.23. The van der Waals surface area contributed by atoms with Gasteiger partial charge in [0.2, 0.25) is 0 Å². The van der Waals surface area contributed by atoms with E-state index < -0.39 is 0 Å². The Balaban J connectivity index is 4.30. The van der Waals surface area contributed by atoms with Gasteiger partial charge >= 0.3 is 0 Å². The van der Waals surface area contributed by atoms with Crippen molar-refractivity contribution in [2.24, 2.45) is 5.92 Å². The van der Waals surface area contributed by atoms with Crippen LogP contribution in [-0.2, 0) is 4.79 Å². The van der Waals surface area contributed by atoms with Crippen LogP contribution in [0.15, 0.2) is 12.3 Å². The third-order valence-corrected chi connectivity index (χ3v) is 2.38. The highest BCUT2D eigenvalue weighted by molar-refractivity contribution is 7.81. The molecule has 0 fully saturated rings. The largest absolute Gasteiger partial charge is 0.379 e. The zero-order valence-electron chi connectivity index (χ0n) is 11.1. The predicted octanol–water partition coefficient (Wildman–Crippen LogP) is 3.19. The number of carbonyl (C=O) groups is 1. The van der Waals surface area contributed by atoms with Gasteiger partial charge in [-0.05, 0) is 19.3 Å². The molecule has 0 aromatic rings. The first-order valence-electron chi connectivity index (χ1n) is 5.79. The monoisotopic (exact) mass is 243 g/mol. The molecular weight excluding hydrogens is 218 g/mol. The third-order valence-electron chi connectivity index (χ3n) is 2.22. The maximum Gasteiger partial charge on any atom is 0.151 e. The minimum Gasteiger partial charge on any atom is -0.379 e. The molecule has 3 heteroatoms. The number of allylic oxidation sites excluding steroid dienone is 1. The van der Waals surface area contributed by atoms with Crippen molar-refractivity contribution in [2.45, 2.75) is 58.2 Å². The molecule has 0 aliphatic heterocycles. The molecular formula is C13H25NOS. The van der Waals surface area contributed by atoms with Crippen molar-refractivity contribution in [1.29, 1.82) is 0 Å². The highest BCUT2D eigenvalue weighted by Gasteiger charge is 2.19. The van der Waals surface area contributed by atoms with E-state index >= 15 is 0 Å². The summed E-state index contributed by atoms with van der Waals surface area (Å²) in [5.41, 5.74) is 0.890. The Morgan fingerprint density at radius 3 is 2.25 bits per heavy atom. The van der Waals surface area contributed by atoms with Crippen molar-refractivity contribution in [3.8, 4) is 0 Å². The standard InChI is InChI=1S/C13H25NOS/c1-9(2)7-12(11(4)15)14-10(3)8-13(5,6)16/h9,12,14,16H,3,7-8H2,1-2,4-6H3. The van der Waals surface area contributed by atoms with Crippen molar-refractivity contribution >= 4 is 18.4 Å². The Kier molecular flexibility index (Phi) is 6.16. The summed E-state index contributed by atoms with van der Waals surface area (Å²) in [6.07, 6.45) is 1.61. The Bertz CT molecular complexity index is 253. The van der Waals surface area contributed by atoms with Gasteiger partial charge in [0.25, 0.3) is 0 Å². The number of hydrogen-bond donors (Lipinski definition) is 2. The number of rotatable bonds is 7. The first kappa shape index (κ1) is 15.6. The van der Waals surface area contributed by atoms with Crippen LogP contribution in [-0.4, -0.2) is 16.6 Å². The van der Waals surface area contributed by atoms with E-state index in [1.165, 1.54) is 0 Å². The van der Waals surface area contributed by atoms with Gasteiger partial charge in [-0.15, -0.1) is 0 Å². The van der Waals surface area contributed by atoms with Crippen LogP contribution < -0.4 is 5.32 Å². The maximum absolute atomic E-state index is 11.5. The predicted molar refractivity (Wildman–Crippen MR) is 73.9 cm³/mol. The number of nitrogens with one attached hydrogen (secondary N) is 1. The summed E-state index contributed by atoms with van der Waals surface area (Å²) < 4.78 is -0.0940. The molecule has 0 saturated heterocycles. The lowest BCUT2D eigenvalue weighted by Crippen LogP contribution is -2.36. The van der Waals surface area contributed by atoms with E-state index in [0.717, 1.165) is 18.5 Å². The number of Topliss-reactive ketones (excluding diaryl/α,β-unsaturated/α-hetero) is 1. The Morgan fingerprint density at radius 2 is 1.94 bits per heavy atom. The highest BCUT2D eigenvalue weighted by Crippen LogP contribution is 2.21. The van der Waals surface area contributed by atoms with Gasteiger partial charge < -0.3 is 5.32 Å². The number of ketones is 1. The fourth-order valence-electron chi connectivity index (χ4n) is 1.62. The van der Waals surface area contributed by atoms with Crippen LogP contribution in [0.4, 0.5) is 0 Å². The van der Waals surface area contributed by atoms with Gasteiger partial charge in [0, 0.05) is 16.9 Å². The van der Waals surface area contributed by atoms with Crippen LogP contribution in [0.25, 0.3) is 0 Å². The second kappa shape index (κ2) is 6.33. The number of hydrogen-bond acceptors (Lipinski definition) is 3. The molecule has 1 N–H and O–H groups in total. The molecule has 0 spiro atoms. The molecule has 1 unspecified atom stereocenters. The number of carbonyl (C=O) groups excluding carboxylic acids is 1. The van der Waals surface area contributed by atoms with E-state index in [0.29, 0.717) is 5.92 Å². The summed E-state index contributed by atoms with van der Waals surface area (Å²) in [4.78, 5) is 11.5. The Morgan fingerprint density at radius 1 is 1.44 bits per heavy atom. The maximum atomic E-state index is 11.5. The molecule has 0 aliphatic rings. The van der Waals surface area contributed by atoms with E-state index in [1.54, 1.807) is 6.92 Å². The topological polar surface area (TPSA) is 29.1 Å². The zero-order valence-corrected chi connectivity index (χ0v) is 12.0. The summed E-state index contributed by atoms with van der Waals surface area (Å²) in [6.45, 7) is 13.9. The minimum atomic E-state index is -0.108. The Labute approximate surface area is 105 Å². The average Bonchev–Trinajstić information content (AvgIpc) is 1.97. The molecule has 0 amide bonds. The molecule has 1 atom stereocenters. The van der Waals surface area contributed by atoms with Crippen LogP contribution >= 0.6 is 12.6 Å². The van der Waals surface area contributed by atoms with Gasteiger partial charge in [-0.25, -0.2) is 0 Å². The zero-order chi connectivity index (χ0) is 12.9. The van der Waals surface area contributed by atoms with E-state index in [9.17, 15) is 4.79 Å². The van der Waals surface area contributed by atoms with Gasteiger partial charge in [0.15, 0.2) is 5.78 Å². The summed E-state index contributed by atoms with van der Waals surface area (Å²) >= 11 is 4.45. The molecule has 0 saturated carbocycles. The minimum absolute atomic E-state index is 0.0940. The quantitative estimate of drug-likeness (QED) is 0.672. The van der Waals surface area contributed by atoms with E-state index in [4.69, 9.17) is 0 Å². The van der Waals surface area contributed by atoms with Crippen molar-refractivity contribution in [2.75, 3.05) is 0 Å². The van der Waals surface area contributed by atoms with Gasteiger partial charge in [-0.1, -0.05) is 34.3 Å². The fourth-order valence-corrected chi connectivity index (χ4v) is 1.81. The summed E-state index contributed by atoms with van der Waals surface area (Å²) in [6, 6.07) is -0.108. The summed E-state index contributed by atoms with van der Waals surface area (Å²) in [5.74, 6) is 0.671. The second-order valence-corrected chi connectivity index (χ2v) is 6.74. The first-order chi connectivity index (χ1) is 7.11. The van der Waals surface area contributed by atoms with E-state index in [1.807, 2.05) is 13.8 Å². The number of thiol groups is 1. The molecule has 0 aliphatic carbocycles. The normalized spacial score (nSPS) is 13.7.